The van der Waals surface area contributed by atoms with Gasteiger partial charge < -0.3 is 0 Å². The summed E-state index contributed by atoms with van der Waals surface area (Å²) in [5.41, 5.74) is 40.2. The lowest BCUT2D eigenvalue weighted by Gasteiger charge is -2.28. The molecular formula is C86H64. The second kappa shape index (κ2) is 17.3. The Morgan fingerprint density at radius 1 is 0.186 bits per heavy atom. The van der Waals surface area contributed by atoms with Gasteiger partial charge in [-0.1, -0.05) is 232 Å². The Kier molecular flexibility index (Phi) is 9.69. The molecule has 0 unspecified atom stereocenters. The summed E-state index contributed by atoms with van der Waals surface area (Å²) in [6.07, 6.45) is 14.1. The van der Waals surface area contributed by atoms with Crippen LogP contribution in [0.1, 0.15) is 118 Å². The summed E-state index contributed by atoms with van der Waals surface area (Å²) >= 11 is 0. The molecule has 0 radical (unpaired) electrons. The molecule has 0 N–H and O–H groups in total. The van der Waals surface area contributed by atoms with E-state index >= 15 is 0 Å². The smallest absolute Gasteiger partial charge is 0.0296 e. The van der Waals surface area contributed by atoms with Gasteiger partial charge >= 0.3 is 0 Å². The quantitative estimate of drug-likeness (QED) is 0.165. The average Bonchev–Trinajstić information content (AvgIpc) is 1.74. The van der Waals surface area contributed by atoms with Crippen molar-refractivity contribution in [2.75, 3.05) is 0 Å². The molecule has 20 rings (SSSR count). The summed E-state index contributed by atoms with van der Waals surface area (Å²) in [7, 11) is 0. The van der Waals surface area contributed by atoms with Crippen LogP contribution in [-0.2, 0) is 47.3 Å². The summed E-state index contributed by atoms with van der Waals surface area (Å²) in [5, 5.41) is 2.66. The Bertz CT molecular complexity index is 4600. The van der Waals surface area contributed by atoms with Crippen LogP contribution in [0.25, 0.3) is 99.8 Å². The van der Waals surface area contributed by atoms with Crippen LogP contribution in [0.15, 0.2) is 243 Å². The Labute approximate surface area is 504 Å². The molecule has 0 nitrogen and oxygen atoms in total. The van der Waals surface area contributed by atoms with E-state index in [1.807, 2.05) is 0 Å². The van der Waals surface area contributed by atoms with E-state index in [2.05, 4.69) is 243 Å². The van der Waals surface area contributed by atoms with Gasteiger partial charge in [-0.15, -0.1) is 0 Å². The summed E-state index contributed by atoms with van der Waals surface area (Å²) in [6, 6.07) is 96.0. The normalized spacial score (nSPS) is 17.8. The van der Waals surface area contributed by atoms with E-state index in [0.29, 0.717) is 0 Å². The zero-order valence-electron chi connectivity index (χ0n) is 48.6. The molecule has 0 aromatic heterocycles. The third-order valence-corrected chi connectivity index (χ3v) is 23.6. The van der Waals surface area contributed by atoms with Gasteiger partial charge in [0.2, 0.25) is 0 Å². The molecule has 2 fully saturated rings. The van der Waals surface area contributed by atoms with Crippen LogP contribution in [0, 0.1) is 0 Å². The molecule has 0 amide bonds. The SMILES string of the molecule is c1ccc2c(c1)CC1(C2)c2ccccc2-c2ccc(-c3ccc4c(c3)C3(CCCC3)c3cc(-c5ccc(-c6ccc7c(c6)C6(CCCC6)c6cc(-c8ccc9c(c8)C8(Cc%10ccccc%10C8)c8ccccc8-9)ccc6-7)c6ccccc56)ccc3-4)cc21. The minimum atomic E-state index is -0.0191. The number of hydrogen-bond acceptors (Lipinski definition) is 0. The van der Waals surface area contributed by atoms with Gasteiger partial charge in [0.1, 0.15) is 0 Å². The van der Waals surface area contributed by atoms with Crippen LogP contribution in [0.4, 0.5) is 0 Å². The van der Waals surface area contributed by atoms with E-state index in [4.69, 9.17) is 0 Å². The highest BCUT2D eigenvalue weighted by Gasteiger charge is 2.51. The van der Waals surface area contributed by atoms with Gasteiger partial charge in [-0.3, -0.25) is 0 Å². The van der Waals surface area contributed by atoms with Crippen LogP contribution >= 0.6 is 0 Å². The van der Waals surface area contributed by atoms with Crippen LogP contribution in [0.3, 0.4) is 0 Å². The zero-order valence-corrected chi connectivity index (χ0v) is 48.6. The predicted octanol–water partition coefficient (Wildman–Crippen LogP) is 21.3. The Morgan fingerprint density at radius 2 is 0.430 bits per heavy atom. The Morgan fingerprint density at radius 3 is 0.767 bits per heavy atom. The number of hydrogen-bond donors (Lipinski definition) is 0. The summed E-state index contributed by atoms with van der Waals surface area (Å²) in [4.78, 5) is 0. The lowest BCUT2D eigenvalue weighted by molar-refractivity contribution is 0.550. The summed E-state index contributed by atoms with van der Waals surface area (Å²) in [6.45, 7) is 0. The molecule has 0 atom stereocenters. The van der Waals surface area contributed by atoms with E-state index in [9.17, 15) is 0 Å². The van der Waals surface area contributed by atoms with Gasteiger partial charge in [-0.25, -0.2) is 0 Å². The van der Waals surface area contributed by atoms with Gasteiger partial charge in [0.15, 0.2) is 0 Å². The molecule has 0 aliphatic heterocycles. The third kappa shape index (κ3) is 6.30. The van der Waals surface area contributed by atoms with Crippen molar-refractivity contribution in [1.29, 1.82) is 0 Å². The van der Waals surface area contributed by atoms with Crippen LogP contribution in [0.2, 0.25) is 0 Å². The minimum absolute atomic E-state index is 0.0191. The first-order valence-electron chi connectivity index (χ1n) is 32.2. The van der Waals surface area contributed by atoms with Gasteiger partial charge in [0.25, 0.3) is 0 Å². The molecule has 2 saturated carbocycles. The molecule has 8 aliphatic carbocycles. The average molecular weight is 1100 g/mol. The Hall–Kier alpha value is -9.10. The number of fused-ring (bicyclic) bond motifs is 23. The standard InChI is InChI=1S/C86H64/c1-2-16-60-50-85(49-59(60)15-1)75-23-9-7-21-67(75)69-31-25-55(45-81(69)85)53-27-33-71-73-35-29-57(47-79(73)83(77(71)43-53)39-11-12-40-83)63-37-38-64(66-20-6-5-19-65(63)66)58-30-36-74-72-34-28-54(44-78(72)84(80(74)48-58)41-13-14-42-84)56-26-32-70-68-22-8-10-24-76(68)86(82(70)46-56)51-61-17-3-4-18-62(61)52-86/h1-10,15-38,43-48H,11-14,39-42,49-52H2. The molecule has 4 spiro atoms. The van der Waals surface area contributed by atoms with E-state index in [1.165, 1.54) is 207 Å². The second-order valence-corrected chi connectivity index (χ2v) is 27.3. The molecule has 408 valence electrons. The third-order valence-electron chi connectivity index (χ3n) is 23.6. The number of benzene rings is 12. The van der Waals surface area contributed by atoms with Crippen LogP contribution in [0.5, 0.6) is 0 Å². The van der Waals surface area contributed by atoms with Crippen molar-refractivity contribution >= 4 is 10.8 Å². The fourth-order valence-electron chi connectivity index (χ4n) is 19.8. The van der Waals surface area contributed by atoms with Crippen molar-refractivity contribution in [1.82, 2.24) is 0 Å². The molecule has 8 aliphatic rings. The first-order chi connectivity index (χ1) is 42.5. The molecule has 0 saturated heterocycles. The molecule has 86 heavy (non-hydrogen) atoms. The highest BCUT2D eigenvalue weighted by molar-refractivity contribution is 6.06. The fourth-order valence-corrected chi connectivity index (χ4v) is 19.8. The zero-order chi connectivity index (χ0) is 56.1. The van der Waals surface area contributed by atoms with E-state index < -0.39 is 0 Å². The van der Waals surface area contributed by atoms with Crippen LogP contribution < -0.4 is 0 Å². The van der Waals surface area contributed by atoms with Gasteiger partial charge in [-0.2, -0.15) is 0 Å². The largest absolute Gasteiger partial charge is 0.0620 e. The molecule has 12 aromatic carbocycles. The van der Waals surface area contributed by atoms with Crippen molar-refractivity contribution in [3.05, 3.63) is 309 Å². The van der Waals surface area contributed by atoms with Crippen molar-refractivity contribution in [2.45, 2.75) is 98.7 Å². The van der Waals surface area contributed by atoms with Gasteiger partial charge in [0.05, 0.1) is 0 Å². The maximum atomic E-state index is 2.62. The van der Waals surface area contributed by atoms with E-state index in [1.54, 1.807) is 11.1 Å². The maximum Gasteiger partial charge on any atom is 0.0296 e. The highest BCUT2D eigenvalue weighted by Crippen LogP contribution is 2.62. The molecular weight excluding hydrogens is 1030 g/mol. The molecule has 0 bridgehead atoms. The monoisotopic (exact) mass is 1100 g/mol. The fraction of sp³-hybridized carbons (Fsp3) is 0.186. The maximum absolute atomic E-state index is 2.62. The Balaban J connectivity index is 0.640. The van der Waals surface area contributed by atoms with E-state index in [-0.39, 0.29) is 21.7 Å². The van der Waals surface area contributed by atoms with Crippen molar-refractivity contribution in [3.8, 4) is 89.0 Å². The minimum Gasteiger partial charge on any atom is -0.0620 e. The van der Waals surface area contributed by atoms with E-state index in [0.717, 1.165) is 25.7 Å². The van der Waals surface area contributed by atoms with Gasteiger partial charge in [0, 0.05) is 21.7 Å². The second-order valence-electron chi connectivity index (χ2n) is 27.3. The van der Waals surface area contributed by atoms with Crippen molar-refractivity contribution < 1.29 is 0 Å². The topological polar surface area (TPSA) is 0 Å². The first-order valence-corrected chi connectivity index (χ1v) is 32.2. The summed E-state index contributed by atoms with van der Waals surface area (Å²) < 4.78 is 0. The lowest BCUT2D eigenvalue weighted by Crippen LogP contribution is -2.25. The van der Waals surface area contributed by atoms with Crippen molar-refractivity contribution in [2.24, 2.45) is 0 Å². The predicted molar refractivity (Wildman–Crippen MR) is 355 cm³/mol. The highest BCUT2D eigenvalue weighted by atomic mass is 14.5. The molecule has 0 heterocycles. The van der Waals surface area contributed by atoms with Crippen molar-refractivity contribution in [3.63, 3.8) is 0 Å². The lowest BCUT2D eigenvalue weighted by atomic mass is 9.74. The van der Waals surface area contributed by atoms with Crippen LogP contribution in [-0.4, -0.2) is 0 Å². The molecule has 12 aromatic rings. The van der Waals surface area contributed by atoms with Gasteiger partial charge in [-0.05, 0) is 254 Å². The first kappa shape index (κ1) is 48.2. The summed E-state index contributed by atoms with van der Waals surface area (Å²) in [5.74, 6) is 0. The molecule has 0 heteroatoms. The number of rotatable bonds is 4.